The maximum atomic E-state index is 12.9. The lowest BCUT2D eigenvalue weighted by Crippen LogP contribution is -2.30. The van der Waals surface area contributed by atoms with E-state index in [0.29, 0.717) is 19.3 Å². The van der Waals surface area contributed by atoms with E-state index < -0.39 is 6.10 Å². The third kappa shape index (κ3) is 64.8. The van der Waals surface area contributed by atoms with Crippen molar-refractivity contribution in [2.75, 3.05) is 13.2 Å². The van der Waals surface area contributed by atoms with Crippen molar-refractivity contribution in [3.8, 4) is 0 Å². The minimum absolute atomic E-state index is 0.0875. The van der Waals surface area contributed by atoms with Gasteiger partial charge >= 0.3 is 17.9 Å². The lowest BCUT2D eigenvalue weighted by atomic mass is 10.0. The summed E-state index contributed by atoms with van der Waals surface area (Å²) in [6.07, 6.45) is 91.2. The SMILES string of the molecule is CC/C=C\C/C=C\C/C=C\C/C=C\CCCCCCCCCCCCCCCCCCCCCCC(=O)OCC(COC(=O)CCCCCCC/C=C\C/C=C\CCC)OC(=O)CCCCCCC/C=C\C/C=C\C/C=C\CC. The standard InChI is InChI=1S/C73H124O6/c1-4-7-10-13-16-19-22-25-27-28-29-30-31-32-33-34-35-36-37-38-39-40-41-42-43-44-46-48-51-54-57-60-63-66-72(75)78-69-70(68-77-71(74)65-62-59-56-53-50-47-24-21-18-15-12-9-6-3)79-73(76)67-64-61-58-55-52-49-45-26-23-20-17-14-11-8-5-2/h7-8,10-12,15-17,19-21,24-27,29-30,45,70H,4-6,9,13-14,18,22-23,28,31-44,46-69H2,1-3H3/b10-7-,11-8-,15-12-,19-16-,20-17-,24-21-,27-25-,30-29-,45-26-. The summed E-state index contributed by atoms with van der Waals surface area (Å²) in [5.41, 5.74) is 0. The first-order valence-corrected chi connectivity index (χ1v) is 33.4. The van der Waals surface area contributed by atoms with Gasteiger partial charge in [0, 0.05) is 19.3 Å². The number of allylic oxidation sites excluding steroid dienone is 18. The molecule has 0 spiro atoms. The fraction of sp³-hybridized carbons (Fsp3) is 0.712. The highest BCUT2D eigenvalue weighted by atomic mass is 16.6. The molecule has 6 nitrogen and oxygen atoms in total. The van der Waals surface area contributed by atoms with Crippen LogP contribution >= 0.6 is 0 Å². The quantitative estimate of drug-likeness (QED) is 0.0261. The first-order chi connectivity index (χ1) is 39.0. The van der Waals surface area contributed by atoms with Crippen LogP contribution in [0.4, 0.5) is 0 Å². The van der Waals surface area contributed by atoms with Crippen LogP contribution in [0.2, 0.25) is 0 Å². The Kier molecular flexibility index (Phi) is 63.3. The van der Waals surface area contributed by atoms with E-state index in [0.717, 1.165) is 154 Å². The molecule has 0 aromatic rings. The van der Waals surface area contributed by atoms with Crippen LogP contribution in [0.1, 0.15) is 316 Å². The first-order valence-electron chi connectivity index (χ1n) is 33.4. The van der Waals surface area contributed by atoms with Crippen LogP contribution in [0.25, 0.3) is 0 Å². The summed E-state index contributed by atoms with van der Waals surface area (Å²) in [7, 11) is 0. The molecule has 79 heavy (non-hydrogen) atoms. The predicted molar refractivity (Wildman–Crippen MR) is 343 cm³/mol. The molecule has 1 unspecified atom stereocenters. The van der Waals surface area contributed by atoms with Crippen molar-refractivity contribution in [1.29, 1.82) is 0 Å². The van der Waals surface area contributed by atoms with Gasteiger partial charge in [0.1, 0.15) is 13.2 Å². The Morgan fingerprint density at radius 1 is 0.266 bits per heavy atom. The molecule has 0 aliphatic carbocycles. The molecule has 0 fully saturated rings. The maximum Gasteiger partial charge on any atom is 0.306 e. The van der Waals surface area contributed by atoms with Gasteiger partial charge in [-0.2, -0.15) is 0 Å². The Hall–Kier alpha value is -3.93. The van der Waals surface area contributed by atoms with E-state index in [1.54, 1.807) is 0 Å². The van der Waals surface area contributed by atoms with E-state index in [-0.39, 0.29) is 31.1 Å². The van der Waals surface area contributed by atoms with Crippen molar-refractivity contribution in [3.05, 3.63) is 109 Å². The Labute approximate surface area is 489 Å². The summed E-state index contributed by atoms with van der Waals surface area (Å²) in [5, 5.41) is 0. The molecule has 0 aliphatic rings. The van der Waals surface area contributed by atoms with Crippen molar-refractivity contribution >= 4 is 17.9 Å². The zero-order chi connectivity index (χ0) is 57.1. The zero-order valence-corrected chi connectivity index (χ0v) is 51.9. The fourth-order valence-corrected chi connectivity index (χ4v) is 9.31. The maximum absolute atomic E-state index is 12.9. The number of ether oxygens (including phenoxy) is 3. The highest BCUT2D eigenvalue weighted by Crippen LogP contribution is 2.17. The average molecular weight is 1100 g/mol. The summed E-state index contributed by atoms with van der Waals surface area (Å²) in [4.78, 5) is 38.3. The molecular weight excluding hydrogens is 973 g/mol. The van der Waals surface area contributed by atoms with Crippen LogP contribution in [0.15, 0.2) is 109 Å². The molecule has 0 saturated heterocycles. The molecule has 0 rings (SSSR count). The second kappa shape index (κ2) is 66.6. The number of rotatable bonds is 60. The van der Waals surface area contributed by atoms with Crippen molar-refractivity contribution in [2.24, 2.45) is 0 Å². The van der Waals surface area contributed by atoms with Crippen LogP contribution in [0.5, 0.6) is 0 Å². The molecule has 0 amide bonds. The predicted octanol–water partition coefficient (Wildman–Crippen LogP) is 23.0. The molecule has 0 aliphatic heterocycles. The van der Waals surface area contributed by atoms with Gasteiger partial charge in [0.2, 0.25) is 0 Å². The topological polar surface area (TPSA) is 78.9 Å². The molecule has 6 heteroatoms. The van der Waals surface area contributed by atoms with E-state index in [4.69, 9.17) is 14.2 Å². The fourth-order valence-electron chi connectivity index (χ4n) is 9.31. The lowest BCUT2D eigenvalue weighted by Gasteiger charge is -2.18. The number of unbranched alkanes of at least 4 members (excludes halogenated alkanes) is 31. The molecule has 0 saturated carbocycles. The van der Waals surface area contributed by atoms with Crippen LogP contribution < -0.4 is 0 Å². The van der Waals surface area contributed by atoms with Crippen LogP contribution in [-0.2, 0) is 28.6 Å². The van der Waals surface area contributed by atoms with Crippen LogP contribution in [-0.4, -0.2) is 37.2 Å². The van der Waals surface area contributed by atoms with Gasteiger partial charge in [-0.3, -0.25) is 14.4 Å². The summed E-state index contributed by atoms with van der Waals surface area (Å²) in [6, 6.07) is 0. The molecule has 1 atom stereocenters. The summed E-state index contributed by atoms with van der Waals surface area (Å²) in [6.45, 7) is 6.35. The average Bonchev–Trinajstić information content (AvgIpc) is 3.45. The zero-order valence-electron chi connectivity index (χ0n) is 51.9. The number of carbonyl (C=O) groups excluding carboxylic acids is 3. The molecule has 0 aromatic heterocycles. The third-order valence-corrected chi connectivity index (χ3v) is 14.2. The van der Waals surface area contributed by atoms with Gasteiger partial charge in [0.25, 0.3) is 0 Å². The third-order valence-electron chi connectivity index (χ3n) is 14.2. The van der Waals surface area contributed by atoms with E-state index >= 15 is 0 Å². The Bertz CT molecular complexity index is 1590. The molecule has 0 radical (unpaired) electrons. The molecule has 0 heterocycles. The van der Waals surface area contributed by atoms with Crippen LogP contribution in [0.3, 0.4) is 0 Å². The normalized spacial score (nSPS) is 12.8. The minimum atomic E-state index is -0.793. The molecular formula is C73H124O6. The van der Waals surface area contributed by atoms with Crippen molar-refractivity contribution < 1.29 is 28.6 Å². The van der Waals surface area contributed by atoms with Crippen molar-refractivity contribution in [3.63, 3.8) is 0 Å². The van der Waals surface area contributed by atoms with Gasteiger partial charge in [-0.1, -0.05) is 291 Å². The van der Waals surface area contributed by atoms with E-state index in [2.05, 4.69) is 130 Å². The molecule has 0 bridgehead atoms. The largest absolute Gasteiger partial charge is 0.462 e. The van der Waals surface area contributed by atoms with Gasteiger partial charge in [-0.25, -0.2) is 0 Å². The van der Waals surface area contributed by atoms with Gasteiger partial charge in [-0.15, -0.1) is 0 Å². The number of hydrogen-bond donors (Lipinski definition) is 0. The second-order valence-electron chi connectivity index (χ2n) is 22.0. The molecule has 0 aromatic carbocycles. The Morgan fingerprint density at radius 2 is 0.494 bits per heavy atom. The Balaban J connectivity index is 4.15. The highest BCUT2D eigenvalue weighted by molar-refractivity contribution is 5.71. The number of hydrogen-bond acceptors (Lipinski definition) is 6. The monoisotopic (exact) mass is 1100 g/mol. The van der Waals surface area contributed by atoms with E-state index in [9.17, 15) is 14.4 Å². The summed E-state index contributed by atoms with van der Waals surface area (Å²) in [5.74, 6) is -0.910. The van der Waals surface area contributed by atoms with Gasteiger partial charge in [0.15, 0.2) is 6.10 Å². The van der Waals surface area contributed by atoms with E-state index in [1.807, 2.05) is 0 Å². The number of carbonyl (C=O) groups is 3. The van der Waals surface area contributed by atoms with Crippen molar-refractivity contribution in [1.82, 2.24) is 0 Å². The summed E-state index contributed by atoms with van der Waals surface area (Å²) >= 11 is 0. The highest BCUT2D eigenvalue weighted by Gasteiger charge is 2.19. The van der Waals surface area contributed by atoms with Crippen molar-refractivity contribution in [2.45, 2.75) is 322 Å². The van der Waals surface area contributed by atoms with Gasteiger partial charge in [-0.05, 0) is 116 Å². The molecule has 0 N–H and O–H groups in total. The summed E-state index contributed by atoms with van der Waals surface area (Å²) < 4.78 is 16.9. The first kappa shape index (κ1) is 75.1. The van der Waals surface area contributed by atoms with Crippen LogP contribution in [0, 0.1) is 0 Å². The van der Waals surface area contributed by atoms with Gasteiger partial charge < -0.3 is 14.2 Å². The molecule has 452 valence electrons. The number of esters is 3. The minimum Gasteiger partial charge on any atom is -0.462 e. The van der Waals surface area contributed by atoms with Gasteiger partial charge in [0.05, 0.1) is 0 Å². The van der Waals surface area contributed by atoms with E-state index in [1.165, 1.54) is 122 Å². The second-order valence-corrected chi connectivity index (χ2v) is 22.0. The smallest absolute Gasteiger partial charge is 0.306 e. The lowest BCUT2D eigenvalue weighted by molar-refractivity contribution is -0.167. The Morgan fingerprint density at radius 3 is 0.772 bits per heavy atom.